The molecule has 0 aliphatic carbocycles. The Bertz CT molecular complexity index is 882. The second-order valence-corrected chi connectivity index (χ2v) is 5.15. The van der Waals surface area contributed by atoms with E-state index in [9.17, 15) is 4.79 Å². The summed E-state index contributed by atoms with van der Waals surface area (Å²) in [6.07, 6.45) is 1.59. The van der Waals surface area contributed by atoms with Crippen molar-refractivity contribution in [2.75, 3.05) is 19.5 Å². The van der Waals surface area contributed by atoms with Crippen LogP contribution in [0.5, 0.6) is 11.5 Å². The van der Waals surface area contributed by atoms with E-state index in [2.05, 4.69) is 15.3 Å². The SMILES string of the molecule is COc1ccc(OC)c(-c2ccnc(NC(=O)c3ccccc3)n2)c1. The first-order chi connectivity index (χ1) is 12.2. The van der Waals surface area contributed by atoms with E-state index in [4.69, 9.17) is 9.47 Å². The van der Waals surface area contributed by atoms with E-state index in [1.807, 2.05) is 18.2 Å². The summed E-state index contributed by atoms with van der Waals surface area (Å²) in [5.74, 6) is 1.29. The standard InChI is InChI=1S/C19H17N3O3/c1-24-14-8-9-17(25-2)15(12-14)16-10-11-20-19(21-16)22-18(23)13-6-4-3-5-7-13/h3-12H,1-2H3,(H,20,21,22,23). The summed E-state index contributed by atoms with van der Waals surface area (Å²) in [4.78, 5) is 20.8. The highest BCUT2D eigenvalue weighted by atomic mass is 16.5. The van der Waals surface area contributed by atoms with Crippen LogP contribution in [0.25, 0.3) is 11.3 Å². The van der Waals surface area contributed by atoms with Gasteiger partial charge in [0.1, 0.15) is 11.5 Å². The van der Waals surface area contributed by atoms with Crippen LogP contribution in [-0.4, -0.2) is 30.1 Å². The molecule has 0 saturated heterocycles. The van der Waals surface area contributed by atoms with E-state index >= 15 is 0 Å². The van der Waals surface area contributed by atoms with Gasteiger partial charge in [0.05, 0.1) is 19.9 Å². The topological polar surface area (TPSA) is 73.3 Å². The van der Waals surface area contributed by atoms with Crippen LogP contribution in [0.15, 0.2) is 60.8 Å². The number of nitrogens with one attached hydrogen (secondary N) is 1. The number of carbonyl (C=O) groups excluding carboxylic acids is 1. The highest BCUT2D eigenvalue weighted by Gasteiger charge is 2.12. The number of carbonyl (C=O) groups is 1. The molecule has 2 aromatic carbocycles. The van der Waals surface area contributed by atoms with Crippen molar-refractivity contribution in [3.8, 4) is 22.8 Å². The zero-order valence-corrected chi connectivity index (χ0v) is 13.9. The largest absolute Gasteiger partial charge is 0.497 e. The number of rotatable bonds is 5. The van der Waals surface area contributed by atoms with Crippen LogP contribution in [0, 0.1) is 0 Å². The fraction of sp³-hybridized carbons (Fsp3) is 0.105. The molecule has 0 fully saturated rings. The number of amides is 1. The Morgan fingerprint density at radius 3 is 2.52 bits per heavy atom. The minimum absolute atomic E-state index is 0.219. The van der Waals surface area contributed by atoms with E-state index in [1.54, 1.807) is 56.8 Å². The molecule has 0 aliphatic rings. The molecule has 1 N–H and O–H groups in total. The molecule has 6 heteroatoms. The minimum atomic E-state index is -0.268. The molecule has 126 valence electrons. The Hall–Kier alpha value is -3.41. The van der Waals surface area contributed by atoms with Crippen molar-refractivity contribution >= 4 is 11.9 Å². The van der Waals surface area contributed by atoms with Crippen molar-refractivity contribution in [1.82, 2.24) is 9.97 Å². The lowest BCUT2D eigenvalue weighted by atomic mass is 10.1. The van der Waals surface area contributed by atoms with Crippen molar-refractivity contribution in [2.45, 2.75) is 0 Å². The molecular formula is C19H17N3O3. The van der Waals surface area contributed by atoms with Crippen LogP contribution in [-0.2, 0) is 0 Å². The Morgan fingerprint density at radius 1 is 1.00 bits per heavy atom. The highest BCUT2D eigenvalue weighted by Crippen LogP contribution is 2.32. The minimum Gasteiger partial charge on any atom is -0.497 e. The Balaban J connectivity index is 1.91. The first-order valence-electron chi connectivity index (χ1n) is 7.63. The molecule has 0 unspecified atom stereocenters. The zero-order valence-electron chi connectivity index (χ0n) is 13.9. The lowest BCUT2D eigenvalue weighted by Gasteiger charge is -2.11. The molecule has 0 saturated carbocycles. The number of benzene rings is 2. The summed E-state index contributed by atoms with van der Waals surface area (Å²) in [6.45, 7) is 0. The molecule has 1 heterocycles. The number of hydrogen-bond acceptors (Lipinski definition) is 5. The molecule has 0 spiro atoms. The summed E-state index contributed by atoms with van der Waals surface area (Å²) in [7, 11) is 3.18. The number of ether oxygens (including phenoxy) is 2. The van der Waals surface area contributed by atoms with E-state index in [0.717, 1.165) is 5.56 Å². The summed E-state index contributed by atoms with van der Waals surface area (Å²) >= 11 is 0. The van der Waals surface area contributed by atoms with Crippen LogP contribution in [0.4, 0.5) is 5.95 Å². The second-order valence-electron chi connectivity index (χ2n) is 5.15. The van der Waals surface area contributed by atoms with Crippen molar-refractivity contribution in [1.29, 1.82) is 0 Å². The smallest absolute Gasteiger partial charge is 0.258 e. The van der Waals surface area contributed by atoms with Gasteiger partial charge in [-0.2, -0.15) is 0 Å². The zero-order chi connectivity index (χ0) is 17.6. The monoisotopic (exact) mass is 335 g/mol. The predicted octanol–water partition coefficient (Wildman–Crippen LogP) is 3.41. The maximum absolute atomic E-state index is 12.2. The first kappa shape index (κ1) is 16.4. The first-order valence-corrected chi connectivity index (χ1v) is 7.63. The number of anilines is 1. The van der Waals surface area contributed by atoms with Crippen LogP contribution in [0.2, 0.25) is 0 Å². The average Bonchev–Trinajstić information content (AvgIpc) is 2.68. The van der Waals surface area contributed by atoms with Gasteiger partial charge in [-0.05, 0) is 36.4 Å². The highest BCUT2D eigenvalue weighted by molar-refractivity contribution is 6.03. The predicted molar refractivity (Wildman–Crippen MR) is 95.0 cm³/mol. The van der Waals surface area contributed by atoms with Gasteiger partial charge in [0, 0.05) is 17.3 Å². The van der Waals surface area contributed by atoms with E-state index < -0.39 is 0 Å². The van der Waals surface area contributed by atoms with Crippen LogP contribution >= 0.6 is 0 Å². The Kier molecular flexibility index (Phi) is 4.89. The van der Waals surface area contributed by atoms with Gasteiger partial charge < -0.3 is 9.47 Å². The third-order valence-corrected chi connectivity index (χ3v) is 3.60. The number of aromatic nitrogens is 2. The van der Waals surface area contributed by atoms with Gasteiger partial charge in [0.25, 0.3) is 5.91 Å². The summed E-state index contributed by atoms with van der Waals surface area (Å²) in [5, 5.41) is 2.70. The Labute approximate surface area is 145 Å². The summed E-state index contributed by atoms with van der Waals surface area (Å²) in [6, 6.07) is 16.1. The lowest BCUT2D eigenvalue weighted by molar-refractivity contribution is 0.102. The van der Waals surface area contributed by atoms with E-state index in [0.29, 0.717) is 22.8 Å². The van der Waals surface area contributed by atoms with Gasteiger partial charge in [-0.3, -0.25) is 10.1 Å². The van der Waals surface area contributed by atoms with Crippen molar-refractivity contribution in [2.24, 2.45) is 0 Å². The quantitative estimate of drug-likeness (QED) is 0.773. The normalized spacial score (nSPS) is 10.2. The molecule has 0 atom stereocenters. The fourth-order valence-electron chi connectivity index (χ4n) is 2.35. The van der Waals surface area contributed by atoms with Gasteiger partial charge in [-0.15, -0.1) is 0 Å². The molecule has 0 aliphatic heterocycles. The van der Waals surface area contributed by atoms with Crippen LogP contribution in [0.1, 0.15) is 10.4 Å². The second kappa shape index (κ2) is 7.44. The van der Waals surface area contributed by atoms with Crippen molar-refractivity contribution < 1.29 is 14.3 Å². The number of hydrogen-bond donors (Lipinski definition) is 1. The van der Waals surface area contributed by atoms with Gasteiger partial charge in [-0.1, -0.05) is 18.2 Å². The molecule has 3 aromatic rings. The Morgan fingerprint density at radius 2 is 1.80 bits per heavy atom. The number of methoxy groups -OCH3 is 2. The lowest BCUT2D eigenvalue weighted by Crippen LogP contribution is -2.14. The van der Waals surface area contributed by atoms with E-state index in [-0.39, 0.29) is 11.9 Å². The molecule has 25 heavy (non-hydrogen) atoms. The number of nitrogens with zero attached hydrogens (tertiary/aromatic N) is 2. The van der Waals surface area contributed by atoms with E-state index in [1.165, 1.54) is 0 Å². The van der Waals surface area contributed by atoms with Crippen molar-refractivity contribution in [3.63, 3.8) is 0 Å². The summed E-state index contributed by atoms with van der Waals surface area (Å²) < 4.78 is 10.6. The van der Waals surface area contributed by atoms with Crippen LogP contribution in [0.3, 0.4) is 0 Å². The average molecular weight is 335 g/mol. The van der Waals surface area contributed by atoms with Gasteiger partial charge in [0.2, 0.25) is 5.95 Å². The molecular weight excluding hydrogens is 318 g/mol. The van der Waals surface area contributed by atoms with Gasteiger partial charge in [0.15, 0.2) is 0 Å². The van der Waals surface area contributed by atoms with Crippen molar-refractivity contribution in [3.05, 3.63) is 66.4 Å². The molecule has 1 aromatic heterocycles. The summed E-state index contributed by atoms with van der Waals surface area (Å²) in [5.41, 5.74) is 1.91. The van der Waals surface area contributed by atoms with Gasteiger partial charge in [-0.25, -0.2) is 9.97 Å². The molecule has 0 radical (unpaired) electrons. The molecule has 3 rings (SSSR count). The third kappa shape index (κ3) is 3.74. The molecule has 0 bridgehead atoms. The fourth-order valence-corrected chi connectivity index (χ4v) is 2.35. The third-order valence-electron chi connectivity index (χ3n) is 3.60. The maximum atomic E-state index is 12.2. The molecule has 1 amide bonds. The maximum Gasteiger partial charge on any atom is 0.258 e. The van der Waals surface area contributed by atoms with Crippen LogP contribution < -0.4 is 14.8 Å². The van der Waals surface area contributed by atoms with Gasteiger partial charge >= 0.3 is 0 Å². The molecule has 6 nitrogen and oxygen atoms in total.